The predicted octanol–water partition coefficient (Wildman–Crippen LogP) is 2.42. The topological polar surface area (TPSA) is 54.4 Å². The van der Waals surface area contributed by atoms with E-state index < -0.39 is 0 Å². The summed E-state index contributed by atoms with van der Waals surface area (Å²) in [5.74, 6) is -0.0742. The molecule has 0 aromatic heterocycles. The van der Waals surface area contributed by atoms with E-state index >= 15 is 0 Å². The lowest BCUT2D eigenvalue weighted by Gasteiger charge is -2.09. The smallest absolute Gasteiger partial charge is 0.163 e. The molecule has 3 nitrogen and oxygen atoms in total. The second-order valence-electron chi connectivity index (χ2n) is 4.08. The molecule has 86 valence electrons. The molecule has 0 aliphatic heterocycles. The summed E-state index contributed by atoms with van der Waals surface area (Å²) in [6.45, 7) is 4.80. The van der Waals surface area contributed by atoms with Gasteiger partial charge in [-0.25, -0.2) is 0 Å². The maximum Gasteiger partial charge on any atom is 0.163 e. The average molecular weight is 220 g/mol. The number of ketones is 2. The molecule has 0 aliphatic rings. The first-order valence-corrected chi connectivity index (χ1v) is 5.24. The van der Waals surface area contributed by atoms with Gasteiger partial charge in [0.2, 0.25) is 0 Å². The number of aryl methyl sites for hydroxylation is 2. The maximum atomic E-state index is 11.3. The van der Waals surface area contributed by atoms with Crippen LogP contribution in [0.5, 0.6) is 5.75 Å². The number of phenols is 1. The molecule has 3 heteroatoms. The summed E-state index contributed by atoms with van der Waals surface area (Å²) >= 11 is 0. The first kappa shape index (κ1) is 12.4. The molecule has 1 aromatic rings. The normalized spacial score (nSPS) is 10.2. The van der Waals surface area contributed by atoms with Gasteiger partial charge in [0.05, 0.1) is 5.56 Å². The fourth-order valence-electron chi connectivity index (χ4n) is 1.62. The lowest BCUT2D eigenvalue weighted by molar-refractivity contribution is -0.116. The molecule has 0 spiro atoms. The number of hydrogen-bond acceptors (Lipinski definition) is 3. The Morgan fingerprint density at radius 2 is 1.88 bits per heavy atom. The van der Waals surface area contributed by atoms with Gasteiger partial charge in [0.25, 0.3) is 0 Å². The molecule has 0 aliphatic carbocycles. The lowest BCUT2D eigenvalue weighted by Crippen LogP contribution is -2.00. The molecule has 0 saturated carbocycles. The van der Waals surface area contributed by atoms with Crippen LogP contribution in [0.2, 0.25) is 0 Å². The van der Waals surface area contributed by atoms with Crippen LogP contribution in [-0.4, -0.2) is 16.7 Å². The number of phenolic OH excluding ortho intramolecular Hbond substituents is 1. The van der Waals surface area contributed by atoms with E-state index in [9.17, 15) is 14.7 Å². The zero-order valence-electron chi connectivity index (χ0n) is 9.83. The fourth-order valence-corrected chi connectivity index (χ4v) is 1.62. The molecule has 0 heterocycles. The number of benzene rings is 1. The highest BCUT2D eigenvalue weighted by Gasteiger charge is 2.12. The van der Waals surface area contributed by atoms with Crippen molar-refractivity contribution >= 4 is 11.6 Å². The highest BCUT2D eigenvalue weighted by atomic mass is 16.3. The Balaban J connectivity index is 3.09. The minimum absolute atomic E-state index is 0.0133. The molecule has 0 fully saturated rings. The van der Waals surface area contributed by atoms with E-state index in [2.05, 4.69) is 0 Å². The first-order valence-electron chi connectivity index (χ1n) is 5.24. The van der Waals surface area contributed by atoms with Crippen LogP contribution in [0.3, 0.4) is 0 Å². The summed E-state index contributed by atoms with van der Waals surface area (Å²) in [7, 11) is 0. The largest absolute Gasteiger partial charge is 0.507 e. The summed E-state index contributed by atoms with van der Waals surface area (Å²) in [5, 5.41) is 9.86. The number of Topliss-reactive ketones (excluding diaryl/α,β-unsaturated/α-hetero) is 2. The molecular formula is C13H16O3. The molecule has 1 N–H and O–H groups in total. The van der Waals surface area contributed by atoms with Gasteiger partial charge in [-0.05, 0) is 44.4 Å². The minimum Gasteiger partial charge on any atom is -0.507 e. The lowest BCUT2D eigenvalue weighted by atomic mass is 9.98. The van der Waals surface area contributed by atoms with Gasteiger partial charge in [0.15, 0.2) is 5.78 Å². The first-order chi connectivity index (χ1) is 7.41. The number of carbonyl (C=O) groups excluding carboxylic acids is 2. The molecule has 0 amide bonds. The quantitative estimate of drug-likeness (QED) is 0.793. The van der Waals surface area contributed by atoms with Crippen molar-refractivity contribution in [1.82, 2.24) is 0 Å². The zero-order valence-corrected chi connectivity index (χ0v) is 9.83. The standard InChI is InChI=1S/C13H16O3/c1-8-6-11(5-4-9(2)14)13(16)12(7-8)10(3)15/h6-7,16H,4-5H2,1-3H3. The van der Waals surface area contributed by atoms with E-state index in [0.29, 0.717) is 24.0 Å². The number of carbonyl (C=O) groups is 2. The molecule has 0 bridgehead atoms. The van der Waals surface area contributed by atoms with Crippen molar-refractivity contribution in [1.29, 1.82) is 0 Å². The second kappa shape index (κ2) is 4.92. The Bertz CT molecular complexity index is 433. The van der Waals surface area contributed by atoms with E-state index in [1.165, 1.54) is 13.8 Å². The van der Waals surface area contributed by atoms with Crippen molar-refractivity contribution < 1.29 is 14.7 Å². The molecule has 16 heavy (non-hydrogen) atoms. The minimum atomic E-state index is -0.162. The van der Waals surface area contributed by atoms with Gasteiger partial charge in [-0.3, -0.25) is 4.79 Å². The van der Waals surface area contributed by atoms with Crippen LogP contribution >= 0.6 is 0 Å². The van der Waals surface area contributed by atoms with E-state index in [0.717, 1.165) is 5.56 Å². The summed E-state index contributed by atoms with van der Waals surface area (Å²) < 4.78 is 0. The highest BCUT2D eigenvalue weighted by Crippen LogP contribution is 2.26. The van der Waals surface area contributed by atoms with Crippen LogP contribution in [0.15, 0.2) is 12.1 Å². The van der Waals surface area contributed by atoms with Gasteiger partial charge in [0, 0.05) is 6.42 Å². The summed E-state index contributed by atoms with van der Waals surface area (Å²) in [5.41, 5.74) is 1.92. The molecule has 1 aromatic carbocycles. The molecule has 0 radical (unpaired) electrons. The van der Waals surface area contributed by atoms with Crippen molar-refractivity contribution in [3.8, 4) is 5.75 Å². The molecule has 0 unspecified atom stereocenters. The Labute approximate surface area is 95.1 Å². The zero-order chi connectivity index (χ0) is 12.3. The van der Waals surface area contributed by atoms with E-state index in [1.807, 2.05) is 13.0 Å². The predicted molar refractivity (Wildman–Crippen MR) is 61.9 cm³/mol. The van der Waals surface area contributed by atoms with Gasteiger partial charge in [-0.2, -0.15) is 0 Å². The van der Waals surface area contributed by atoms with Crippen LogP contribution in [0, 0.1) is 6.92 Å². The van der Waals surface area contributed by atoms with Crippen molar-refractivity contribution in [2.75, 3.05) is 0 Å². The van der Waals surface area contributed by atoms with Crippen molar-refractivity contribution in [3.63, 3.8) is 0 Å². The Morgan fingerprint density at radius 3 is 2.38 bits per heavy atom. The number of aromatic hydroxyl groups is 1. The van der Waals surface area contributed by atoms with Gasteiger partial charge in [-0.1, -0.05) is 6.07 Å². The Hall–Kier alpha value is -1.64. The maximum absolute atomic E-state index is 11.3. The molecular weight excluding hydrogens is 204 g/mol. The second-order valence-corrected chi connectivity index (χ2v) is 4.08. The number of rotatable bonds is 4. The average Bonchev–Trinajstić information content (AvgIpc) is 2.18. The fraction of sp³-hybridized carbons (Fsp3) is 0.385. The van der Waals surface area contributed by atoms with Gasteiger partial charge in [-0.15, -0.1) is 0 Å². The summed E-state index contributed by atoms with van der Waals surface area (Å²) in [4.78, 5) is 22.2. The van der Waals surface area contributed by atoms with Crippen molar-refractivity contribution in [3.05, 3.63) is 28.8 Å². The van der Waals surface area contributed by atoms with E-state index in [-0.39, 0.29) is 17.3 Å². The van der Waals surface area contributed by atoms with E-state index in [4.69, 9.17) is 0 Å². The van der Waals surface area contributed by atoms with Gasteiger partial charge in [0.1, 0.15) is 11.5 Å². The van der Waals surface area contributed by atoms with Crippen molar-refractivity contribution in [2.24, 2.45) is 0 Å². The van der Waals surface area contributed by atoms with E-state index in [1.54, 1.807) is 6.07 Å². The third-order valence-corrected chi connectivity index (χ3v) is 2.46. The molecule has 0 saturated heterocycles. The molecule has 1 rings (SSSR count). The van der Waals surface area contributed by atoms with Crippen LogP contribution in [0.4, 0.5) is 0 Å². The summed E-state index contributed by atoms with van der Waals surface area (Å²) in [6, 6.07) is 3.47. The third-order valence-electron chi connectivity index (χ3n) is 2.46. The monoisotopic (exact) mass is 220 g/mol. The highest BCUT2D eigenvalue weighted by molar-refractivity contribution is 5.97. The van der Waals surface area contributed by atoms with Gasteiger partial charge < -0.3 is 9.90 Å². The van der Waals surface area contributed by atoms with Crippen LogP contribution in [0.25, 0.3) is 0 Å². The van der Waals surface area contributed by atoms with Crippen LogP contribution in [-0.2, 0) is 11.2 Å². The van der Waals surface area contributed by atoms with Crippen LogP contribution < -0.4 is 0 Å². The SMILES string of the molecule is CC(=O)CCc1cc(C)cc(C(C)=O)c1O. The summed E-state index contributed by atoms with van der Waals surface area (Å²) in [6.07, 6.45) is 0.859. The molecule has 0 atom stereocenters. The number of hydrogen-bond donors (Lipinski definition) is 1. The third kappa shape index (κ3) is 2.92. The Morgan fingerprint density at radius 1 is 1.25 bits per heavy atom. The van der Waals surface area contributed by atoms with Crippen LogP contribution in [0.1, 0.15) is 41.8 Å². The Kier molecular flexibility index (Phi) is 3.82. The van der Waals surface area contributed by atoms with Crippen molar-refractivity contribution in [2.45, 2.75) is 33.6 Å². The van der Waals surface area contributed by atoms with Gasteiger partial charge >= 0.3 is 0 Å².